The zero-order valence-electron chi connectivity index (χ0n) is 28.8. The molecule has 0 aromatic carbocycles. The van der Waals surface area contributed by atoms with Crippen LogP contribution < -0.4 is 35.3 Å². The van der Waals surface area contributed by atoms with Crippen molar-refractivity contribution in [3.8, 4) is 0 Å². The predicted octanol–water partition coefficient (Wildman–Crippen LogP) is 3.04. The molecule has 3 aliphatic rings. The number of likely N-dealkylation sites (N-methyl/N-ethyl adjacent to an activating group) is 1. The summed E-state index contributed by atoms with van der Waals surface area (Å²) < 4.78 is 10.2. The Bertz CT molecular complexity index is 467. The minimum Gasteiger partial charge on any atom is -1.00 e. The molecule has 238 valence electrons. The fourth-order valence-corrected chi connectivity index (χ4v) is 3.05. The van der Waals surface area contributed by atoms with Crippen molar-refractivity contribution < 1.29 is 60.6 Å². The Kier molecular flexibility index (Phi) is 59.7. The van der Waals surface area contributed by atoms with Gasteiger partial charge in [-0.15, -0.1) is 26.3 Å². The second-order valence-electron chi connectivity index (χ2n) is 9.63. The number of ether oxygens (including phenoxy) is 2. The molecule has 3 rings (SSSR count). The van der Waals surface area contributed by atoms with E-state index < -0.39 is 0 Å². The average Bonchev–Trinajstić information content (AvgIpc) is 3.85. The number of rotatable bonds is 9. The molecule has 0 amide bonds. The third-order valence-corrected chi connectivity index (χ3v) is 5.21. The molecule has 0 aromatic rings. The fraction of sp³-hybridized carbons (Fsp3) is 0.742. The minimum absolute atomic E-state index is 0. The molecule has 0 aromatic heterocycles. The Morgan fingerprint density at radius 2 is 1.20 bits per heavy atom. The number of aliphatic hydroxyl groups is 1. The summed E-state index contributed by atoms with van der Waals surface area (Å²) >= 11 is 0. The molecule has 8 nitrogen and oxygen atoms in total. The van der Waals surface area contributed by atoms with Crippen LogP contribution in [0.1, 0.15) is 61.2 Å². The molecule has 0 bridgehead atoms. The minimum atomic E-state index is 0. The number of unbranched alkanes of at least 4 members (excludes halogenated alkanes) is 1. The van der Waals surface area contributed by atoms with Crippen molar-refractivity contribution in [1.82, 2.24) is 4.90 Å². The number of nitrogens with zero attached hydrogens (tertiary/aromatic N) is 2. The molecule has 0 saturated carbocycles. The van der Waals surface area contributed by atoms with E-state index in [9.17, 15) is 0 Å². The van der Waals surface area contributed by atoms with Crippen molar-refractivity contribution in [3.05, 3.63) is 50.6 Å². The summed E-state index contributed by atoms with van der Waals surface area (Å²) in [6.45, 7) is 31.0. The van der Waals surface area contributed by atoms with E-state index in [0.29, 0.717) is 6.54 Å². The zero-order chi connectivity index (χ0) is 31.4. The Hall–Kier alpha value is -0.360. The number of allylic oxidation sites excluding steroid dienone is 2. The monoisotopic (exact) mass is 587 g/mol. The topological polar surface area (TPSA) is 115 Å². The number of nitrogens with two attached hydrogens (primary N) is 1. The van der Waals surface area contributed by atoms with E-state index in [4.69, 9.17) is 21.4 Å². The number of hydrogen-bond donors (Lipinski definition) is 4. The summed E-state index contributed by atoms with van der Waals surface area (Å²) in [5.41, 5.74) is 4.91. The molecule has 3 saturated heterocycles. The molecule has 0 radical (unpaired) electrons. The molecule has 2 unspecified atom stereocenters. The second kappa shape index (κ2) is 45.6. The van der Waals surface area contributed by atoms with Gasteiger partial charge in [0, 0.05) is 24.9 Å². The van der Waals surface area contributed by atoms with E-state index >= 15 is 0 Å². The first-order chi connectivity index (χ1) is 18.6. The van der Waals surface area contributed by atoms with Crippen LogP contribution >= 0.6 is 0 Å². The SMILES string of the molecule is C1CO1.C1CO1.C=CCC.C=CCCC.C=CCN.C=CCN(C)CO.CCC1C[N+](C)(C)CC1CC.OO.[H-].[Na+]. The van der Waals surface area contributed by atoms with E-state index in [1.54, 1.807) is 17.1 Å². The van der Waals surface area contributed by atoms with Crippen molar-refractivity contribution in [2.75, 3.05) is 80.5 Å². The van der Waals surface area contributed by atoms with Crippen molar-refractivity contribution in [2.45, 2.75) is 59.8 Å². The smallest absolute Gasteiger partial charge is 1.00 e. The first-order valence-electron chi connectivity index (χ1n) is 14.2. The van der Waals surface area contributed by atoms with Gasteiger partial charge in [0.1, 0.15) is 0 Å². The summed E-state index contributed by atoms with van der Waals surface area (Å²) in [6, 6.07) is 0. The average molecular weight is 587 g/mol. The molecule has 2 atom stereocenters. The van der Waals surface area contributed by atoms with Gasteiger partial charge < -0.3 is 26.2 Å². The van der Waals surface area contributed by atoms with E-state index in [1.807, 2.05) is 19.2 Å². The van der Waals surface area contributed by atoms with Gasteiger partial charge in [-0.2, -0.15) is 0 Å². The fourth-order valence-electron chi connectivity index (χ4n) is 3.05. The van der Waals surface area contributed by atoms with Crippen LogP contribution in [0, 0.1) is 11.8 Å². The molecule has 0 aliphatic carbocycles. The molecule has 5 N–H and O–H groups in total. The summed E-state index contributed by atoms with van der Waals surface area (Å²) in [5, 5.41) is 20.3. The van der Waals surface area contributed by atoms with Crippen molar-refractivity contribution >= 4 is 0 Å². The molecule has 3 heterocycles. The summed E-state index contributed by atoms with van der Waals surface area (Å²) in [5.74, 6) is 1.99. The van der Waals surface area contributed by atoms with Crippen LogP contribution in [0.15, 0.2) is 50.6 Å². The third-order valence-electron chi connectivity index (χ3n) is 5.21. The number of aliphatic hydroxyl groups excluding tert-OH is 1. The molecular weight excluding hydrogens is 517 g/mol. The Labute approximate surface area is 272 Å². The van der Waals surface area contributed by atoms with Gasteiger partial charge in [0.15, 0.2) is 0 Å². The van der Waals surface area contributed by atoms with Crippen LogP contribution in [0.4, 0.5) is 0 Å². The molecule has 40 heavy (non-hydrogen) atoms. The van der Waals surface area contributed by atoms with Crippen LogP contribution in [-0.4, -0.2) is 105 Å². The summed E-state index contributed by atoms with van der Waals surface area (Å²) in [6.07, 6.45) is 13.4. The van der Waals surface area contributed by atoms with Gasteiger partial charge in [0.05, 0.1) is 60.3 Å². The van der Waals surface area contributed by atoms with Gasteiger partial charge in [0.25, 0.3) is 0 Å². The number of hydrogen-bond acceptors (Lipinski definition) is 7. The van der Waals surface area contributed by atoms with Gasteiger partial charge in [-0.25, -0.2) is 0 Å². The molecule has 0 spiro atoms. The maximum Gasteiger partial charge on any atom is 1.00 e. The van der Waals surface area contributed by atoms with E-state index in [0.717, 1.165) is 57.6 Å². The molecule has 3 aliphatic heterocycles. The van der Waals surface area contributed by atoms with Crippen LogP contribution in [0.25, 0.3) is 0 Å². The summed E-state index contributed by atoms with van der Waals surface area (Å²) in [4.78, 5) is 1.74. The van der Waals surface area contributed by atoms with E-state index in [-0.39, 0.29) is 37.7 Å². The quantitative estimate of drug-likeness (QED) is 0.0625. The zero-order valence-corrected chi connectivity index (χ0v) is 29.8. The number of quaternary nitrogens is 1. The van der Waals surface area contributed by atoms with Crippen LogP contribution in [0.5, 0.6) is 0 Å². The molecule has 9 heteroatoms. The van der Waals surface area contributed by atoms with E-state index in [2.05, 4.69) is 77.6 Å². The maximum absolute atomic E-state index is 8.34. The van der Waals surface area contributed by atoms with Gasteiger partial charge in [-0.3, -0.25) is 15.4 Å². The number of epoxide rings is 2. The summed E-state index contributed by atoms with van der Waals surface area (Å²) in [7, 11) is 6.54. The normalized spacial score (nSPS) is 17.5. The Morgan fingerprint density at radius 3 is 1.30 bits per heavy atom. The van der Waals surface area contributed by atoms with E-state index in [1.165, 1.54) is 36.8 Å². The Morgan fingerprint density at radius 1 is 0.850 bits per heavy atom. The maximum atomic E-state index is 8.34. The first kappa shape index (κ1) is 52.3. The third kappa shape index (κ3) is 61.6. The number of likely N-dealkylation sites (tertiary alicyclic amines) is 1. The van der Waals surface area contributed by atoms with Crippen molar-refractivity contribution in [3.63, 3.8) is 0 Å². The predicted molar refractivity (Wildman–Crippen MR) is 172 cm³/mol. The van der Waals surface area contributed by atoms with Gasteiger partial charge in [0.2, 0.25) is 0 Å². The van der Waals surface area contributed by atoms with Crippen molar-refractivity contribution in [1.29, 1.82) is 0 Å². The first-order valence-corrected chi connectivity index (χ1v) is 14.2. The largest absolute Gasteiger partial charge is 1.00 e. The van der Waals surface area contributed by atoms with Gasteiger partial charge in [-0.1, -0.05) is 58.4 Å². The van der Waals surface area contributed by atoms with Gasteiger partial charge >= 0.3 is 29.6 Å². The van der Waals surface area contributed by atoms with Crippen LogP contribution in [0.3, 0.4) is 0 Å². The van der Waals surface area contributed by atoms with Crippen LogP contribution in [0.2, 0.25) is 0 Å². The molecule has 3 fully saturated rings. The van der Waals surface area contributed by atoms with Crippen molar-refractivity contribution in [2.24, 2.45) is 17.6 Å². The second-order valence-corrected chi connectivity index (χ2v) is 9.63. The molecular formula is C31H69N3NaO5+. The van der Waals surface area contributed by atoms with Crippen LogP contribution in [-0.2, 0) is 9.47 Å². The Balaban J connectivity index is -0.0000000680. The standard InChI is InChI=1S/C10H22N.C5H11NO.C5H10.C4H8.C3H7N.2C2H4O.Na.H2O2.H/c1-5-9-7-11(3,4)8-10(9)6-2;1-3-4-6(2)5-7;1-3-5-4-2;1-3-4-2;1-2-3-4;2*1-2-3-1;;1-2;/h9-10H,5-8H2,1-4H3;3,7H,1,4-5H2,2H3;3H,1,4-5H2,2H3;3H,1,4H2,2H3;2H,1,3-4H2;2*1-2H2;;1-2H;/q+1;;;;;;;+1;;-1. The van der Waals surface area contributed by atoms with Gasteiger partial charge in [-0.05, 0) is 32.7 Å².